The molecule has 0 unspecified atom stereocenters. The third kappa shape index (κ3) is 2.22. The van der Waals surface area contributed by atoms with Gasteiger partial charge < -0.3 is 4.42 Å². The molecule has 152 valence electrons. The Morgan fingerprint density at radius 1 is 0.719 bits per heavy atom. The Hall–Kier alpha value is -3.91. The highest BCUT2D eigenvalue weighted by molar-refractivity contribution is 6.07. The van der Waals surface area contributed by atoms with E-state index >= 15 is 0 Å². The lowest BCUT2D eigenvalue weighted by molar-refractivity contribution is 0.660. The third-order valence-corrected chi connectivity index (χ3v) is 7.10. The minimum Gasteiger partial charge on any atom is -0.456 e. The second-order valence-corrected chi connectivity index (χ2v) is 9.23. The molecule has 7 rings (SSSR count). The van der Waals surface area contributed by atoms with Crippen LogP contribution < -0.4 is 0 Å². The predicted octanol–water partition coefficient (Wildman–Crippen LogP) is 8.11. The van der Waals surface area contributed by atoms with Gasteiger partial charge in [-0.15, -0.1) is 0 Å². The van der Waals surface area contributed by atoms with Gasteiger partial charge in [-0.2, -0.15) is 0 Å². The third-order valence-electron chi connectivity index (χ3n) is 7.10. The number of hydrogen-bond donors (Lipinski definition) is 0. The summed E-state index contributed by atoms with van der Waals surface area (Å²) in [4.78, 5) is 4.92. The van der Waals surface area contributed by atoms with Crippen molar-refractivity contribution in [2.24, 2.45) is 0 Å². The molecule has 0 amide bonds. The fourth-order valence-electron chi connectivity index (χ4n) is 5.61. The summed E-state index contributed by atoms with van der Waals surface area (Å²) in [6.07, 6.45) is 1.96. The van der Waals surface area contributed by atoms with Gasteiger partial charge in [0.2, 0.25) is 0 Å². The van der Waals surface area contributed by atoms with Crippen LogP contribution >= 0.6 is 0 Å². The van der Waals surface area contributed by atoms with E-state index in [9.17, 15) is 0 Å². The van der Waals surface area contributed by atoms with E-state index in [0.717, 1.165) is 33.2 Å². The number of nitrogens with zero attached hydrogens (tertiary/aromatic N) is 1. The van der Waals surface area contributed by atoms with Gasteiger partial charge in [0.05, 0.1) is 5.69 Å². The highest BCUT2D eigenvalue weighted by Crippen LogP contribution is 2.53. The maximum Gasteiger partial charge on any atom is 0.135 e. The van der Waals surface area contributed by atoms with E-state index in [4.69, 9.17) is 9.40 Å². The molecule has 4 aromatic carbocycles. The second kappa shape index (κ2) is 6.08. The van der Waals surface area contributed by atoms with Crippen molar-refractivity contribution >= 4 is 32.7 Å². The lowest BCUT2D eigenvalue weighted by Gasteiger charge is -2.23. The molecule has 0 saturated carbocycles. The van der Waals surface area contributed by atoms with Crippen LogP contribution in [0.1, 0.15) is 25.0 Å². The smallest absolute Gasteiger partial charge is 0.135 e. The summed E-state index contributed by atoms with van der Waals surface area (Å²) < 4.78 is 6.06. The lowest BCUT2D eigenvalue weighted by atomic mass is 9.80. The number of furan rings is 1. The van der Waals surface area contributed by atoms with E-state index in [1.165, 1.54) is 33.0 Å². The zero-order valence-corrected chi connectivity index (χ0v) is 18.0. The van der Waals surface area contributed by atoms with Gasteiger partial charge >= 0.3 is 0 Å². The first-order valence-electron chi connectivity index (χ1n) is 11.1. The minimum atomic E-state index is -0.133. The molecule has 0 radical (unpaired) electrons. The van der Waals surface area contributed by atoms with Crippen molar-refractivity contribution in [3.05, 3.63) is 102 Å². The Labute approximate surface area is 186 Å². The van der Waals surface area contributed by atoms with Crippen LogP contribution in [-0.2, 0) is 5.41 Å². The topological polar surface area (TPSA) is 26.0 Å². The van der Waals surface area contributed by atoms with Crippen molar-refractivity contribution in [3.8, 4) is 22.4 Å². The fraction of sp³-hybridized carbons (Fsp3) is 0.100. The molecule has 1 aliphatic carbocycles. The van der Waals surface area contributed by atoms with Crippen LogP contribution in [-0.4, -0.2) is 4.98 Å². The number of pyridine rings is 1. The number of benzene rings is 4. The van der Waals surface area contributed by atoms with Gasteiger partial charge in [0.25, 0.3) is 0 Å². The summed E-state index contributed by atoms with van der Waals surface area (Å²) in [6.45, 7) is 4.65. The Morgan fingerprint density at radius 2 is 1.50 bits per heavy atom. The van der Waals surface area contributed by atoms with Crippen LogP contribution in [0, 0.1) is 0 Å². The molecule has 0 atom stereocenters. The molecular weight excluding hydrogens is 390 g/mol. The van der Waals surface area contributed by atoms with Crippen molar-refractivity contribution in [1.82, 2.24) is 4.98 Å². The zero-order valence-electron chi connectivity index (χ0n) is 18.0. The predicted molar refractivity (Wildman–Crippen MR) is 132 cm³/mol. The summed E-state index contributed by atoms with van der Waals surface area (Å²) in [5.41, 5.74) is 9.21. The molecular formula is C30H21NO. The number of hydrogen-bond acceptors (Lipinski definition) is 2. The first-order valence-corrected chi connectivity index (χ1v) is 11.1. The highest BCUT2D eigenvalue weighted by Gasteiger charge is 2.39. The maximum absolute atomic E-state index is 6.06. The number of fused-ring (bicyclic) bond motifs is 8. The summed E-state index contributed by atoms with van der Waals surface area (Å²) in [6, 6.07) is 30.1. The Balaban J connectivity index is 1.54. The standard InChI is InChI=1S/C30H21NO/c1-30(2)24-13-11-18-7-3-4-8-20(18)27(24)22-15-16-31-29(28(22)30)19-12-14-26-23(17-19)21-9-5-6-10-25(21)32-26/h3-17H,1-2H3. The molecule has 0 spiro atoms. The van der Waals surface area contributed by atoms with Crippen molar-refractivity contribution in [3.63, 3.8) is 0 Å². The van der Waals surface area contributed by atoms with Gasteiger partial charge in [0.15, 0.2) is 0 Å². The van der Waals surface area contributed by atoms with Crippen molar-refractivity contribution in [2.45, 2.75) is 19.3 Å². The molecule has 2 aromatic heterocycles. The molecule has 0 N–H and O–H groups in total. The van der Waals surface area contributed by atoms with E-state index < -0.39 is 0 Å². The zero-order chi connectivity index (χ0) is 21.4. The normalized spacial score (nSPS) is 14.2. The molecule has 2 nitrogen and oxygen atoms in total. The fourth-order valence-corrected chi connectivity index (χ4v) is 5.61. The molecule has 0 fully saturated rings. The summed E-state index contributed by atoms with van der Waals surface area (Å²) >= 11 is 0. The molecule has 0 bridgehead atoms. The largest absolute Gasteiger partial charge is 0.456 e. The Bertz CT molecular complexity index is 1700. The van der Waals surface area contributed by atoms with Crippen molar-refractivity contribution in [1.29, 1.82) is 0 Å². The van der Waals surface area contributed by atoms with Gasteiger partial charge in [-0.1, -0.05) is 68.4 Å². The van der Waals surface area contributed by atoms with Crippen LogP contribution in [0.25, 0.3) is 55.1 Å². The first-order chi connectivity index (χ1) is 15.6. The van der Waals surface area contributed by atoms with Gasteiger partial charge in [-0.05, 0) is 63.4 Å². The van der Waals surface area contributed by atoms with E-state index in [0.29, 0.717) is 0 Å². The van der Waals surface area contributed by atoms with Crippen molar-refractivity contribution < 1.29 is 4.42 Å². The second-order valence-electron chi connectivity index (χ2n) is 9.23. The molecule has 6 aromatic rings. The average Bonchev–Trinajstić information content (AvgIpc) is 3.31. The average molecular weight is 412 g/mol. The van der Waals surface area contributed by atoms with E-state index in [2.05, 4.69) is 86.6 Å². The van der Waals surface area contributed by atoms with Gasteiger partial charge in [0.1, 0.15) is 11.2 Å². The minimum absolute atomic E-state index is 0.133. The van der Waals surface area contributed by atoms with E-state index in [1.807, 2.05) is 18.3 Å². The van der Waals surface area contributed by atoms with Crippen molar-refractivity contribution in [2.75, 3.05) is 0 Å². The Morgan fingerprint density at radius 3 is 2.41 bits per heavy atom. The number of rotatable bonds is 1. The SMILES string of the molecule is CC1(C)c2ccc3ccccc3c2-c2ccnc(-c3ccc4oc5ccccc5c4c3)c21. The molecule has 2 heteroatoms. The van der Waals surface area contributed by atoms with Crippen LogP contribution in [0.4, 0.5) is 0 Å². The summed E-state index contributed by atoms with van der Waals surface area (Å²) in [7, 11) is 0. The van der Waals surface area contributed by atoms with Crippen LogP contribution in [0.2, 0.25) is 0 Å². The molecule has 0 aliphatic heterocycles. The summed E-state index contributed by atoms with van der Waals surface area (Å²) in [5.74, 6) is 0. The quantitative estimate of drug-likeness (QED) is 0.273. The van der Waals surface area contributed by atoms with Crippen LogP contribution in [0.3, 0.4) is 0 Å². The van der Waals surface area contributed by atoms with E-state index in [1.54, 1.807) is 0 Å². The summed E-state index contributed by atoms with van der Waals surface area (Å²) in [5, 5.41) is 4.87. The molecule has 1 aliphatic rings. The number of para-hydroxylation sites is 1. The highest BCUT2D eigenvalue weighted by atomic mass is 16.3. The van der Waals surface area contributed by atoms with Gasteiger partial charge in [-0.3, -0.25) is 4.98 Å². The molecule has 0 saturated heterocycles. The monoisotopic (exact) mass is 411 g/mol. The van der Waals surface area contributed by atoms with Gasteiger partial charge in [0, 0.05) is 27.9 Å². The molecule has 2 heterocycles. The van der Waals surface area contributed by atoms with E-state index in [-0.39, 0.29) is 5.41 Å². The number of aromatic nitrogens is 1. The van der Waals surface area contributed by atoms with Crippen LogP contribution in [0.5, 0.6) is 0 Å². The lowest BCUT2D eigenvalue weighted by Crippen LogP contribution is -2.16. The molecule has 32 heavy (non-hydrogen) atoms. The first kappa shape index (κ1) is 17.7. The van der Waals surface area contributed by atoms with Crippen LogP contribution in [0.15, 0.2) is 95.5 Å². The van der Waals surface area contributed by atoms with Gasteiger partial charge in [-0.25, -0.2) is 0 Å². The maximum atomic E-state index is 6.06. The Kier molecular flexibility index (Phi) is 3.37.